The van der Waals surface area contributed by atoms with E-state index in [1.54, 1.807) is 0 Å². The molecule has 0 aromatic heterocycles. The van der Waals surface area contributed by atoms with Gasteiger partial charge in [0.05, 0.1) is 6.61 Å². The van der Waals surface area contributed by atoms with E-state index in [0.717, 1.165) is 38.8 Å². The van der Waals surface area contributed by atoms with Gasteiger partial charge in [-0.05, 0) is 32.2 Å². The van der Waals surface area contributed by atoms with Crippen LogP contribution in [0.5, 0.6) is 0 Å². The fourth-order valence-electron chi connectivity index (χ4n) is 3.19. The Morgan fingerprint density at radius 2 is 1.94 bits per heavy atom. The largest absolute Gasteiger partial charge is 0.395 e. The number of hydrogen-bond acceptors (Lipinski definition) is 3. The topological polar surface area (TPSA) is 52.6 Å². The number of nitrogens with zero attached hydrogens (tertiary/aromatic N) is 1. The van der Waals surface area contributed by atoms with Gasteiger partial charge in [0.2, 0.25) is 5.91 Å². The van der Waals surface area contributed by atoms with Gasteiger partial charge in [-0.3, -0.25) is 9.69 Å². The molecule has 4 nitrogen and oxygen atoms in total. The average molecular weight is 254 g/mol. The lowest BCUT2D eigenvalue weighted by molar-refractivity contribution is -0.122. The monoisotopic (exact) mass is 254 g/mol. The van der Waals surface area contributed by atoms with Crippen molar-refractivity contribution in [2.75, 3.05) is 19.7 Å². The minimum atomic E-state index is 0.186. The lowest BCUT2D eigenvalue weighted by atomic mass is 9.95. The third-order valence-corrected chi connectivity index (χ3v) is 4.31. The van der Waals surface area contributed by atoms with Gasteiger partial charge in [-0.15, -0.1) is 0 Å². The van der Waals surface area contributed by atoms with Crippen molar-refractivity contribution in [1.29, 1.82) is 0 Å². The second-order valence-corrected chi connectivity index (χ2v) is 5.67. The van der Waals surface area contributed by atoms with Crippen LogP contribution in [0.4, 0.5) is 0 Å². The Balaban J connectivity index is 1.64. The van der Waals surface area contributed by atoms with Crippen LogP contribution in [-0.2, 0) is 4.79 Å². The third-order valence-electron chi connectivity index (χ3n) is 4.31. The van der Waals surface area contributed by atoms with Gasteiger partial charge in [0.1, 0.15) is 0 Å². The van der Waals surface area contributed by atoms with E-state index in [2.05, 4.69) is 10.2 Å². The van der Waals surface area contributed by atoms with Gasteiger partial charge in [0, 0.05) is 25.0 Å². The molecular formula is C14H26N2O2. The van der Waals surface area contributed by atoms with Crippen LogP contribution in [0.3, 0.4) is 0 Å². The lowest BCUT2D eigenvalue weighted by Gasteiger charge is -2.25. The minimum absolute atomic E-state index is 0.186. The summed E-state index contributed by atoms with van der Waals surface area (Å²) in [4.78, 5) is 14.1. The number of nitrogens with one attached hydrogen (secondary N) is 1. The summed E-state index contributed by atoms with van der Waals surface area (Å²) in [7, 11) is 0. The van der Waals surface area contributed by atoms with Gasteiger partial charge >= 0.3 is 0 Å². The van der Waals surface area contributed by atoms with E-state index < -0.39 is 0 Å². The molecule has 104 valence electrons. The van der Waals surface area contributed by atoms with Crippen LogP contribution in [0, 0.1) is 0 Å². The SMILES string of the molecule is O=C(CCN1CCCC1CO)NC1CCCCC1. The molecule has 4 heteroatoms. The van der Waals surface area contributed by atoms with E-state index in [9.17, 15) is 9.90 Å². The van der Waals surface area contributed by atoms with Gasteiger partial charge in [0.25, 0.3) is 0 Å². The third kappa shape index (κ3) is 3.95. The van der Waals surface area contributed by atoms with E-state index in [4.69, 9.17) is 0 Å². The maximum atomic E-state index is 11.9. The zero-order chi connectivity index (χ0) is 12.8. The van der Waals surface area contributed by atoms with Crippen LogP contribution in [0.25, 0.3) is 0 Å². The molecular weight excluding hydrogens is 228 g/mol. The lowest BCUT2D eigenvalue weighted by Crippen LogP contribution is -2.39. The standard InChI is InChI=1S/C14H26N2O2/c17-11-13-7-4-9-16(13)10-8-14(18)15-12-5-2-1-3-6-12/h12-13,17H,1-11H2,(H,15,18). The maximum Gasteiger partial charge on any atom is 0.221 e. The van der Waals surface area contributed by atoms with Crippen LogP contribution in [0.1, 0.15) is 51.4 Å². The molecule has 2 rings (SSSR count). The summed E-state index contributed by atoms with van der Waals surface area (Å²) in [6.07, 6.45) is 8.91. The number of aliphatic hydroxyl groups is 1. The number of hydrogen-bond donors (Lipinski definition) is 2. The van der Waals surface area contributed by atoms with Crippen LogP contribution in [0.2, 0.25) is 0 Å². The van der Waals surface area contributed by atoms with Crippen molar-refractivity contribution < 1.29 is 9.90 Å². The first-order valence-corrected chi connectivity index (χ1v) is 7.44. The second kappa shape index (κ2) is 7.10. The molecule has 2 N–H and O–H groups in total. The molecule has 18 heavy (non-hydrogen) atoms. The fourth-order valence-corrected chi connectivity index (χ4v) is 3.19. The van der Waals surface area contributed by atoms with E-state index in [1.165, 1.54) is 19.3 Å². The Morgan fingerprint density at radius 1 is 1.17 bits per heavy atom. The number of aliphatic hydroxyl groups excluding tert-OH is 1. The zero-order valence-electron chi connectivity index (χ0n) is 11.2. The van der Waals surface area contributed by atoms with Crippen molar-refractivity contribution in [2.24, 2.45) is 0 Å². The van der Waals surface area contributed by atoms with Crippen molar-refractivity contribution in [1.82, 2.24) is 10.2 Å². The Bertz CT molecular complexity index is 265. The highest BCUT2D eigenvalue weighted by Crippen LogP contribution is 2.18. The zero-order valence-corrected chi connectivity index (χ0v) is 11.2. The second-order valence-electron chi connectivity index (χ2n) is 5.67. The van der Waals surface area contributed by atoms with E-state index in [-0.39, 0.29) is 18.6 Å². The highest BCUT2D eigenvalue weighted by atomic mass is 16.3. The first-order chi connectivity index (χ1) is 8.79. The molecule has 0 bridgehead atoms. The summed E-state index contributed by atoms with van der Waals surface area (Å²) in [5, 5.41) is 12.4. The molecule has 1 aliphatic carbocycles. The number of carbonyl (C=O) groups excluding carboxylic acids is 1. The van der Waals surface area contributed by atoms with E-state index in [0.29, 0.717) is 12.5 Å². The van der Waals surface area contributed by atoms with Crippen LogP contribution < -0.4 is 5.32 Å². The Morgan fingerprint density at radius 3 is 2.67 bits per heavy atom. The summed E-state index contributed by atoms with van der Waals surface area (Å²) in [6, 6.07) is 0.700. The van der Waals surface area contributed by atoms with Crippen molar-refractivity contribution in [2.45, 2.75) is 63.5 Å². The summed E-state index contributed by atoms with van der Waals surface area (Å²) < 4.78 is 0. The van der Waals surface area contributed by atoms with Crippen molar-refractivity contribution in [3.05, 3.63) is 0 Å². The van der Waals surface area contributed by atoms with Gasteiger partial charge in [0.15, 0.2) is 0 Å². The van der Waals surface area contributed by atoms with Crippen molar-refractivity contribution in [3.63, 3.8) is 0 Å². The van der Waals surface area contributed by atoms with Gasteiger partial charge in [-0.1, -0.05) is 19.3 Å². The normalized spacial score (nSPS) is 26.4. The molecule has 1 saturated carbocycles. The number of likely N-dealkylation sites (tertiary alicyclic amines) is 1. The molecule has 1 aliphatic heterocycles. The molecule has 0 spiro atoms. The number of rotatable bonds is 5. The molecule has 1 amide bonds. The average Bonchev–Trinajstić information content (AvgIpc) is 2.85. The molecule has 0 aromatic rings. The fraction of sp³-hybridized carbons (Fsp3) is 0.929. The van der Waals surface area contributed by atoms with Crippen LogP contribution in [-0.4, -0.2) is 47.7 Å². The molecule has 0 aromatic carbocycles. The minimum Gasteiger partial charge on any atom is -0.395 e. The molecule has 0 radical (unpaired) electrons. The summed E-state index contributed by atoms with van der Waals surface area (Å²) in [5.74, 6) is 0.186. The van der Waals surface area contributed by atoms with Crippen LogP contribution >= 0.6 is 0 Å². The predicted octanol–water partition coefficient (Wildman–Crippen LogP) is 1.28. The van der Waals surface area contributed by atoms with Gasteiger partial charge in [-0.2, -0.15) is 0 Å². The summed E-state index contributed by atoms with van der Waals surface area (Å²) in [6.45, 7) is 2.05. The van der Waals surface area contributed by atoms with Crippen molar-refractivity contribution >= 4 is 5.91 Å². The first kappa shape index (κ1) is 13.8. The Kier molecular flexibility index (Phi) is 5.45. The number of carbonyl (C=O) groups is 1. The molecule has 1 unspecified atom stereocenters. The predicted molar refractivity (Wildman–Crippen MR) is 71.3 cm³/mol. The quantitative estimate of drug-likeness (QED) is 0.777. The highest BCUT2D eigenvalue weighted by molar-refractivity contribution is 5.76. The summed E-state index contributed by atoms with van der Waals surface area (Å²) in [5.41, 5.74) is 0. The van der Waals surface area contributed by atoms with Crippen molar-refractivity contribution in [3.8, 4) is 0 Å². The Hall–Kier alpha value is -0.610. The smallest absolute Gasteiger partial charge is 0.221 e. The first-order valence-electron chi connectivity index (χ1n) is 7.44. The van der Waals surface area contributed by atoms with Crippen LogP contribution in [0.15, 0.2) is 0 Å². The molecule has 2 fully saturated rings. The molecule has 1 atom stereocenters. The van der Waals surface area contributed by atoms with Gasteiger partial charge < -0.3 is 10.4 Å². The van der Waals surface area contributed by atoms with E-state index in [1.807, 2.05) is 0 Å². The maximum absolute atomic E-state index is 11.9. The number of amides is 1. The Labute approximate surface area is 110 Å². The molecule has 2 aliphatic rings. The van der Waals surface area contributed by atoms with E-state index >= 15 is 0 Å². The highest BCUT2D eigenvalue weighted by Gasteiger charge is 2.24. The summed E-state index contributed by atoms with van der Waals surface area (Å²) >= 11 is 0. The molecule has 1 heterocycles. The van der Waals surface area contributed by atoms with Gasteiger partial charge in [-0.25, -0.2) is 0 Å². The molecule has 1 saturated heterocycles.